The molecule has 2 fully saturated rings. The zero-order chi connectivity index (χ0) is 27.1. The van der Waals surface area contributed by atoms with Crippen molar-refractivity contribution in [3.05, 3.63) is 52.7 Å². The Morgan fingerprint density at radius 3 is 2.66 bits per heavy atom. The van der Waals surface area contributed by atoms with E-state index in [1.165, 1.54) is 5.56 Å². The third kappa shape index (κ3) is 6.86. The monoisotopic (exact) mass is 523 g/mol. The van der Waals surface area contributed by atoms with E-state index in [2.05, 4.69) is 24.4 Å². The van der Waals surface area contributed by atoms with Crippen LogP contribution in [-0.2, 0) is 22.4 Å². The molecule has 3 heterocycles. The minimum atomic E-state index is -0.802. The van der Waals surface area contributed by atoms with Crippen molar-refractivity contribution in [3.63, 3.8) is 0 Å². The van der Waals surface area contributed by atoms with Crippen LogP contribution < -0.4 is 10.1 Å². The molecule has 0 radical (unpaired) electrons. The molecule has 7 heteroatoms. The minimum Gasteiger partial charge on any atom is -0.496 e. The van der Waals surface area contributed by atoms with Crippen molar-refractivity contribution in [2.45, 2.75) is 83.8 Å². The van der Waals surface area contributed by atoms with Gasteiger partial charge in [0.25, 0.3) is 0 Å². The Hall–Kier alpha value is -2.64. The Labute approximate surface area is 227 Å². The van der Waals surface area contributed by atoms with Crippen molar-refractivity contribution in [2.24, 2.45) is 5.92 Å². The van der Waals surface area contributed by atoms with Crippen LogP contribution in [0.3, 0.4) is 0 Å². The molecular formula is C31H45N3O4. The summed E-state index contributed by atoms with van der Waals surface area (Å²) in [5, 5.41) is 13.5. The number of nitrogens with zero attached hydrogens (tertiary/aromatic N) is 2. The van der Waals surface area contributed by atoms with Crippen LogP contribution in [0.5, 0.6) is 5.75 Å². The lowest BCUT2D eigenvalue weighted by Crippen LogP contribution is -2.55. The summed E-state index contributed by atoms with van der Waals surface area (Å²) < 4.78 is 11.6. The molecule has 5 rings (SSSR count). The van der Waals surface area contributed by atoms with Crippen LogP contribution in [0.4, 0.5) is 5.82 Å². The van der Waals surface area contributed by atoms with Gasteiger partial charge in [0.05, 0.1) is 13.2 Å². The number of hydrogen-bond acceptors (Lipinski definition) is 6. The second-order valence-corrected chi connectivity index (χ2v) is 10.7. The number of methoxy groups -OCH3 is 1. The van der Waals surface area contributed by atoms with Crippen LogP contribution in [-0.4, -0.2) is 60.4 Å². The average Bonchev–Trinajstić information content (AvgIpc) is 3.74. The van der Waals surface area contributed by atoms with Gasteiger partial charge >= 0.3 is 5.97 Å². The number of carboxylic acids is 1. The van der Waals surface area contributed by atoms with Gasteiger partial charge in [-0.2, -0.15) is 0 Å². The first-order chi connectivity index (χ1) is 18.5. The largest absolute Gasteiger partial charge is 0.496 e. The number of fused-ring (bicyclic) bond motifs is 1. The fourth-order valence-corrected chi connectivity index (χ4v) is 5.60. The van der Waals surface area contributed by atoms with Crippen LogP contribution in [0.15, 0.2) is 30.3 Å². The van der Waals surface area contributed by atoms with Crippen molar-refractivity contribution < 1.29 is 19.4 Å². The number of hydrogen-bond donors (Lipinski definition) is 2. The van der Waals surface area contributed by atoms with Gasteiger partial charge in [-0.05, 0) is 73.6 Å². The number of carbonyl (C=O) groups is 1. The number of carboxylic acid groups (broad SMARTS) is 1. The van der Waals surface area contributed by atoms with Gasteiger partial charge in [0.1, 0.15) is 17.6 Å². The predicted octanol–water partition coefficient (Wildman–Crippen LogP) is 5.84. The van der Waals surface area contributed by atoms with E-state index in [0.29, 0.717) is 24.9 Å². The van der Waals surface area contributed by atoms with E-state index < -0.39 is 12.0 Å². The first kappa shape index (κ1) is 28.4. The fourth-order valence-electron chi connectivity index (χ4n) is 5.60. The highest BCUT2D eigenvalue weighted by Crippen LogP contribution is 2.48. The van der Waals surface area contributed by atoms with E-state index in [1.54, 1.807) is 7.11 Å². The lowest BCUT2D eigenvalue weighted by molar-refractivity contribution is -0.151. The highest BCUT2D eigenvalue weighted by Gasteiger charge is 2.41. The highest BCUT2D eigenvalue weighted by molar-refractivity contribution is 5.77. The Kier molecular flexibility index (Phi) is 10.0. The molecule has 2 unspecified atom stereocenters. The summed E-state index contributed by atoms with van der Waals surface area (Å²) in [6.45, 7) is 9.31. The second-order valence-electron chi connectivity index (χ2n) is 10.7. The van der Waals surface area contributed by atoms with Gasteiger partial charge in [0.2, 0.25) is 0 Å². The number of aromatic nitrogens is 1. The average molecular weight is 524 g/mol. The van der Waals surface area contributed by atoms with Crippen molar-refractivity contribution in [3.8, 4) is 5.75 Å². The summed E-state index contributed by atoms with van der Waals surface area (Å²) >= 11 is 0. The molecule has 7 nitrogen and oxygen atoms in total. The molecule has 1 aliphatic carbocycles. The molecule has 2 atom stereocenters. The maximum atomic E-state index is 12.2. The number of nitrogens with one attached hydrogen (secondary N) is 1. The zero-order valence-corrected chi connectivity index (χ0v) is 23.5. The quantitative estimate of drug-likeness (QED) is 0.338. The smallest absolute Gasteiger partial charge is 0.325 e. The summed E-state index contributed by atoms with van der Waals surface area (Å²) in [5.74, 6) is 2.17. The standard InChI is InChI=1S/C29H39N3O4.C2H6/c1-19-15-21-12-13-22(31-28(21)30-16-19)7-4-3-5-14-36-23-17-32(18-23)27(29(33)34)24-8-6-9-25(35-2)26(24)20-10-11-20;1-2/h6,8-9,12-13,19-20,23,27H,3-5,7,10-11,14-18H2,1-2H3,(H,30,31)(H,33,34);1-2H3. The second kappa shape index (κ2) is 13.4. The molecule has 2 aromatic rings. The number of pyridine rings is 1. The lowest BCUT2D eigenvalue weighted by Gasteiger charge is -2.43. The van der Waals surface area contributed by atoms with E-state index in [-0.39, 0.29) is 6.10 Å². The third-order valence-corrected chi connectivity index (χ3v) is 7.73. The fraction of sp³-hybridized carbons (Fsp3) is 0.613. The number of aliphatic carboxylic acids is 1. The third-order valence-electron chi connectivity index (χ3n) is 7.73. The molecule has 1 aromatic heterocycles. The first-order valence-electron chi connectivity index (χ1n) is 14.5. The van der Waals surface area contributed by atoms with Gasteiger partial charge in [-0.15, -0.1) is 0 Å². The minimum absolute atomic E-state index is 0.109. The van der Waals surface area contributed by atoms with Gasteiger partial charge in [0.15, 0.2) is 0 Å². The van der Waals surface area contributed by atoms with E-state index >= 15 is 0 Å². The van der Waals surface area contributed by atoms with Crippen LogP contribution >= 0.6 is 0 Å². The summed E-state index contributed by atoms with van der Waals surface area (Å²) in [5.41, 5.74) is 4.45. The highest BCUT2D eigenvalue weighted by atomic mass is 16.5. The van der Waals surface area contributed by atoms with Crippen molar-refractivity contribution in [1.29, 1.82) is 0 Å². The molecule has 0 bridgehead atoms. The van der Waals surface area contributed by atoms with E-state index in [1.807, 2.05) is 36.9 Å². The summed E-state index contributed by atoms with van der Waals surface area (Å²) in [4.78, 5) is 19.1. The summed E-state index contributed by atoms with van der Waals surface area (Å²) in [6.07, 6.45) is 7.63. The van der Waals surface area contributed by atoms with Crippen LogP contribution in [0.25, 0.3) is 0 Å². The molecule has 0 amide bonds. The van der Waals surface area contributed by atoms with Crippen LogP contribution in [0.1, 0.15) is 87.2 Å². The predicted molar refractivity (Wildman–Crippen MR) is 151 cm³/mol. The Morgan fingerprint density at radius 2 is 1.95 bits per heavy atom. The summed E-state index contributed by atoms with van der Waals surface area (Å²) in [7, 11) is 1.66. The number of likely N-dealkylation sites (tertiary alicyclic amines) is 1. The molecule has 38 heavy (non-hydrogen) atoms. The van der Waals surface area contributed by atoms with Crippen LogP contribution in [0.2, 0.25) is 0 Å². The van der Waals surface area contributed by atoms with Gasteiger partial charge in [-0.3, -0.25) is 9.69 Å². The zero-order valence-electron chi connectivity index (χ0n) is 23.5. The van der Waals surface area contributed by atoms with Gasteiger partial charge < -0.3 is 19.9 Å². The number of benzene rings is 1. The normalized spacial score (nSPS) is 19.8. The number of unbranched alkanes of at least 4 members (excludes halogenated alkanes) is 2. The molecule has 1 aromatic carbocycles. The van der Waals surface area contributed by atoms with Crippen molar-refractivity contribution >= 4 is 11.8 Å². The van der Waals surface area contributed by atoms with Gasteiger partial charge in [0, 0.05) is 37.5 Å². The molecular weight excluding hydrogens is 478 g/mol. The Morgan fingerprint density at radius 1 is 1.16 bits per heavy atom. The summed E-state index contributed by atoms with van der Waals surface area (Å²) in [6, 6.07) is 9.56. The molecule has 2 aliphatic heterocycles. The number of ether oxygens (including phenoxy) is 2. The van der Waals surface area contributed by atoms with Gasteiger partial charge in [-0.25, -0.2) is 4.98 Å². The van der Waals surface area contributed by atoms with E-state index in [4.69, 9.17) is 14.5 Å². The van der Waals surface area contributed by atoms with Crippen LogP contribution in [0, 0.1) is 5.92 Å². The first-order valence-corrected chi connectivity index (χ1v) is 14.5. The van der Waals surface area contributed by atoms with E-state index in [0.717, 1.165) is 86.5 Å². The SMILES string of the molecule is CC.COc1cccc(C(C(=O)O)N2CC(OCCCCCc3ccc4c(n3)NCC(C)C4)C2)c1C1CC1. The molecule has 1 saturated carbocycles. The van der Waals surface area contributed by atoms with Crippen molar-refractivity contribution in [1.82, 2.24) is 9.88 Å². The lowest BCUT2D eigenvalue weighted by atomic mass is 9.93. The molecule has 2 N–H and O–H groups in total. The number of rotatable bonds is 12. The molecule has 1 saturated heterocycles. The molecule has 208 valence electrons. The number of aryl methyl sites for hydroxylation is 1. The Balaban J connectivity index is 0.00000164. The Bertz CT molecular complexity index is 1070. The molecule has 3 aliphatic rings. The topological polar surface area (TPSA) is 83.9 Å². The van der Waals surface area contributed by atoms with Crippen molar-refractivity contribution in [2.75, 3.05) is 38.7 Å². The van der Waals surface area contributed by atoms with E-state index in [9.17, 15) is 9.90 Å². The maximum Gasteiger partial charge on any atom is 0.325 e. The molecule has 0 spiro atoms. The van der Waals surface area contributed by atoms with Gasteiger partial charge in [-0.1, -0.05) is 45.4 Å². The number of anilines is 1. The maximum absolute atomic E-state index is 12.2.